The number of halogens is 1. The van der Waals surface area contributed by atoms with Crippen molar-refractivity contribution in [3.05, 3.63) is 59.9 Å². The number of nitrogens with one attached hydrogen (secondary N) is 1. The summed E-state index contributed by atoms with van der Waals surface area (Å²) in [5.41, 5.74) is 2.42. The van der Waals surface area contributed by atoms with Crippen LogP contribution in [0.5, 0.6) is 0 Å². The van der Waals surface area contributed by atoms with Gasteiger partial charge in [0.05, 0.1) is 11.8 Å². The van der Waals surface area contributed by atoms with Crippen molar-refractivity contribution in [3.63, 3.8) is 0 Å². The molecule has 6 heteroatoms. The molecule has 0 radical (unpaired) electrons. The number of hydrogen-bond acceptors (Lipinski definition) is 4. The second-order valence-corrected chi connectivity index (χ2v) is 7.65. The fraction of sp³-hybridized carbons (Fsp3) is 0.400. The highest BCUT2D eigenvalue weighted by Crippen LogP contribution is 2.25. The van der Waals surface area contributed by atoms with E-state index in [1.807, 2.05) is 23.2 Å². The molecule has 0 spiro atoms. The van der Waals surface area contributed by atoms with Gasteiger partial charge in [-0.05, 0) is 35.2 Å². The number of pyridine rings is 1. The molecule has 0 bridgehead atoms. The van der Waals surface area contributed by atoms with Crippen molar-refractivity contribution >= 4 is 30.1 Å². The molecule has 140 valence electrons. The molecule has 1 aromatic carbocycles. The summed E-state index contributed by atoms with van der Waals surface area (Å²) in [6.07, 6.45) is 3.62. The molecule has 1 aromatic heterocycles. The van der Waals surface area contributed by atoms with Gasteiger partial charge in [-0.25, -0.2) is 0 Å². The topological polar surface area (TPSA) is 45.2 Å². The molecule has 26 heavy (non-hydrogen) atoms. The summed E-state index contributed by atoms with van der Waals surface area (Å²) in [5, 5.41) is 3.38. The minimum Gasteiger partial charge on any atom is -0.332 e. The van der Waals surface area contributed by atoms with Crippen molar-refractivity contribution in [3.8, 4) is 0 Å². The van der Waals surface area contributed by atoms with Gasteiger partial charge in [0.2, 0.25) is 5.91 Å². The highest BCUT2D eigenvalue weighted by molar-refractivity contribution is 8.00. The van der Waals surface area contributed by atoms with E-state index in [9.17, 15) is 4.79 Å². The predicted octanol–water partition coefficient (Wildman–Crippen LogP) is 3.89. The number of carbonyl (C=O) groups excluding carboxylic acids is 1. The van der Waals surface area contributed by atoms with Gasteiger partial charge in [0.25, 0.3) is 0 Å². The quantitative estimate of drug-likeness (QED) is 0.785. The second-order valence-electron chi connectivity index (χ2n) is 6.61. The summed E-state index contributed by atoms with van der Waals surface area (Å²) in [4.78, 5) is 20.1. The highest BCUT2D eigenvalue weighted by atomic mass is 35.5. The predicted molar refractivity (Wildman–Crippen MR) is 110 cm³/mol. The van der Waals surface area contributed by atoms with Crippen molar-refractivity contribution in [2.24, 2.45) is 0 Å². The molecule has 3 rings (SSSR count). The van der Waals surface area contributed by atoms with Crippen LogP contribution < -0.4 is 5.32 Å². The summed E-state index contributed by atoms with van der Waals surface area (Å²) in [6.45, 7) is 6.75. The van der Waals surface area contributed by atoms with Gasteiger partial charge in [0.1, 0.15) is 0 Å². The van der Waals surface area contributed by atoms with Crippen LogP contribution in [0.15, 0.2) is 53.7 Å². The van der Waals surface area contributed by atoms with Crippen LogP contribution in [0.25, 0.3) is 0 Å². The van der Waals surface area contributed by atoms with E-state index in [0.29, 0.717) is 11.7 Å². The molecule has 1 atom stereocenters. The van der Waals surface area contributed by atoms with Gasteiger partial charge in [-0.2, -0.15) is 0 Å². The number of piperazine rings is 1. The summed E-state index contributed by atoms with van der Waals surface area (Å²) in [6, 6.07) is 12.6. The Balaban J connectivity index is 0.00000243. The van der Waals surface area contributed by atoms with Gasteiger partial charge < -0.3 is 10.2 Å². The monoisotopic (exact) mass is 391 g/mol. The number of nitrogens with zero attached hydrogens (tertiary/aromatic N) is 2. The molecule has 2 aromatic rings. The maximum Gasteiger partial charge on any atom is 0.233 e. The summed E-state index contributed by atoms with van der Waals surface area (Å²) < 4.78 is 0. The first-order valence-electron chi connectivity index (χ1n) is 8.78. The minimum atomic E-state index is 0. The van der Waals surface area contributed by atoms with Gasteiger partial charge in [-0.3, -0.25) is 9.78 Å². The number of rotatable bonds is 5. The van der Waals surface area contributed by atoms with Crippen LogP contribution in [0.2, 0.25) is 0 Å². The molecule has 0 saturated carbocycles. The number of hydrogen-bond donors (Lipinski definition) is 1. The van der Waals surface area contributed by atoms with E-state index in [0.717, 1.165) is 30.1 Å². The van der Waals surface area contributed by atoms with Crippen LogP contribution in [-0.4, -0.2) is 41.2 Å². The molecule has 1 saturated heterocycles. The lowest BCUT2D eigenvalue weighted by Crippen LogP contribution is -2.49. The minimum absolute atomic E-state index is 0. The molecule has 1 fully saturated rings. The first-order valence-corrected chi connectivity index (χ1v) is 9.76. The van der Waals surface area contributed by atoms with E-state index >= 15 is 0 Å². The smallest absolute Gasteiger partial charge is 0.233 e. The summed E-state index contributed by atoms with van der Waals surface area (Å²) >= 11 is 1.61. The Morgan fingerprint density at radius 1 is 1.31 bits per heavy atom. The first kappa shape index (κ1) is 20.7. The molecular formula is C20H26ClN3OS. The Morgan fingerprint density at radius 2 is 2.08 bits per heavy atom. The number of amides is 1. The number of benzene rings is 1. The maximum atomic E-state index is 12.8. The number of carbonyl (C=O) groups is 1. The SMILES string of the molecule is CC(C)c1ccc(SCC(=O)N2CCNCC2c2cccnc2)cc1.Cl. The zero-order chi connectivity index (χ0) is 17.6. The van der Waals surface area contributed by atoms with Gasteiger partial charge >= 0.3 is 0 Å². The van der Waals surface area contributed by atoms with E-state index in [4.69, 9.17) is 0 Å². The lowest BCUT2D eigenvalue weighted by Gasteiger charge is -2.36. The Morgan fingerprint density at radius 3 is 2.73 bits per heavy atom. The molecular weight excluding hydrogens is 366 g/mol. The second kappa shape index (κ2) is 9.95. The average molecular weight is 392 g/mol. The summed E-state index contributed by atoms with van der Waals surface area (Å²) in [5.74, 6) is 1.19. The Bertz CT molecular complexity index is 694. The Kier molecular flexibility index (Phi) is 7.94. The molecule has 1 amide bonds. The normalized spacial score (nSPS) is 17.0. The molecule has 1 unspecified atom stereocenters. The van der Waals surface area contributed by atoms with Crippen LogP contribution in [-0.2, 0) is 4.79 Å². The third kappa shape index (κ3) is 5.22. The van der Waals surface area contributed by atoms with E-state index in [2.05, 4.69) is 48.4 Å². The standard InChI is InChI=1S/C20H25N3OS.ClH/c1-15(2)16-5-7-18(8-6-16)25-14-20(24)23-11-10-22-13-19(23)17-4-3-9-21-12-17;/h3-9,12,15,19,22H,10-11,13-14H2,1-2H3;1H. The van der Waals surface area contributed by atoms with Gasteiger partial charge in [-0.15, -0.1) is 24.2 Å². The average Bonchev–Trinajstić information content (AvgIpc) is 2.67. The van der Waals surface area contributed by atoms with E-state index in [-0.39, 0.29) is 24.4 Å². The van der Waals surface area contributed by atoms with Crippen LogP contribution in [0.3, 0.4) is 0 Å². The largest absolute Gasteiger partial charge is 0.332 e. The van der Waals surface area contributed by atoms with Crippen LogP contribution in [0, 0.1) is 0 Å². The van der Waals surface area contributed by atoms with E-state index in [1.54, 1.807) is 18.0 Å². The van der Waals surface area contributed by atoms with Crippen molar-refractivity contribution in [2.45, 2.75) is 30.7 Å². The number of thioether (sulfide) groups is 1. The third-order valence-corrected chi connectivity index (χ3v) is 5.54. The highest BCUT2D eigenvalue weighted by Gasteiger charge is 2.27. The zero-order valence-corrected chi connectivity index (χ0v) is 16.9. The molecule has 4 nitrogen and oxygen atoms in total. The van der Waals surface area contributed by atoms with Crippen LogP contribution in [0.1, 0.15) is 36.9 Å². The summed E-state index contributed by atoms with van der Waals surface area (Å²) in [7, 11) is 0. The van der Waals surface area contributed by atoms with Gasteiger partial charge in [0.15, 0.2) is 0 Å². The fourth-order valence-electron chi connectivity index (χ4n) is 3.05. The van der Waals surface area contributed by atoms with Gasteiger partial charge in [0, 0.05) is 36.9 Å². The fourth-order valence-corrected chi connectivity index (χ4v) is 3.84. The van der Waals surface area contributed by atoms with Crippen molar-refractivity contribution < 1.29 is 4.79 Å². The van der Waals surface area contributed by atoms with Crippen molar-refractivity contribution in [1.82, 2.24) is 15.2 Å². The molecule has 1 N–H and O–H groups in total. The maximum absolute atomic E-state index is 12.8. The zero-order valence-electron chi connectivity index (χ0n) is 15.2. The van der Waals surface area contributed by atoms with Crippen LogP contribution in [0.4, 0.5) is 0 Å². The molecule has 1 aliphatic rings. The van der Waals surface area contributed by atoms with Crippen LogP contribution >= 0.6 is 24.2 Å². The number of aromatic nitrogens is 1. The van der Waals surface area contributed by atoms with Gasteiger partial charge in [-0.1, -0.05) is 32.0 Å². The van der Waals surface area contributed by atoms with E-state index in [1.165, 1.54) is 5.56 Å². The lowest BCUT2D eigenvalue weighted by molar-refractivity contribution is -0.131. The van der Waals surface area contributed by atoms with Crippen molar-refractivity contribution in [2.75, 3.05) is 25.4 Å². The Labute approximate surface area is 166 Å². The lowest BCUT2D eigenvalue weighted by atomic mass is 10.0. The molecule has 0 aliphatic carbocycles. The van der Waals surface area contributed by atoms with Crippen molar-refractivity contribution in [1.29, 1.82) is 0 Å². The molecule has 1 aliphatic heterocycles. The Hall–Kier alpha value is -1.56. The third-order valence-electron chi connectivity index (χ3n) is 4.54. The van der Waals surface area contributed by atoms with E-state index < -0.39 is 0 Å². The molecule has 2 heterocycles. The first-order chi connectivity index (χ1) is 12.1.